The van der Waals surface area contributed by atoms with Crippen molar-refractivity contribution in [3.05, 3.63) is 83.1 Å². The van der Waals surface area contributed by atoms with Crippen molar-refractivity contribution < 1.29 is 8.81 Å². The van der Waals surface area contributed by atoms with Gasteiger partial charge in [0.2, 0.25) is 11.8 Å². The molecule has 2 unspecified atom stereocenters. The van der Waals surface area contributed by atoms with Crippen molar-refractivity contribution in [1.82, 2.24) is 14.8 Å². The summed E-state index contributed by atoms with van der Waals surface area (Å²) in [5.74, 6) is 2.66. The van der Waals surface area contributed by atoms with Gasteiger partial charge in [0.15, 0.2) is 0 Å². The third kappa shape index (κ3) is 6.95. The molecule has 1 saturated carbocycles. The van der Waals surface area contributed by atoms with Gasteiger partial charge in [-0.3, -0.25) is 4.90 Å². The first-order chi connectivity index (χ1) is 19.4. The fraction of sp³-hybridized carbons (Fsp3) is 0.559. The van der Waals surface area contributed by atoms with Crippen LogP contribution < -0.4 is 4.90 Å². The second-order valence-corrected chi connectivity index (χ2v) is 11.4. The molecule has 40 heavy (non-hydrogen) atoms. The summed E-state index contributed by atoms with van der Waals surface area (Å²) in [6, 6.07) is 18.2. The van der Waals surface area contributed by atoms with Crippen LogP contribution in [0.2, 0.25) is 0 Å². The highest BCUT2D eigenvalue weighted by atomic mass is 19.1. The molecule has 0 saturated heterocycles. The lowest BCUT2D eigenvalue weighted by Crippen LogP contribution is -2.37. The molecule has 5 nitrogen and oxygen atoms in total. The lowest BCUT2D eigenvalue weighted by Gasteiger charge is -2.41. The predicted molar refractivity (Wildman–Crippen MR) is 163 cm³/mol. The van der Waals surface area contributed by atoms with Crippen molar-refractivity contribution in [3.8, 4) is 0 Å². The molecule has 2 atom stereocenters. The number of rotatable bonds is 13. The van der Waals surface area contributed by atoms with Crippen molar-refractivity contribution in [2.45, 2.75) is 71.9 Å². The van der Waals surface area contributed by atoms with E-state index < -0.39 is 0 Å². The lowest BCUT2D eigenvalue weighted by molar-refractivity contribution is 0.0738. The summed E-state index contributed by atoms with van der Waals surface area (Å²) in [5.41, 5.74) is 3.50. The molecule has 1 aliphatic rings. The van der Waals surface area contributed by atoms with Crippen LogP contribution in [0.1, 0.15) is 88.2 Å². The molecule has 1 aromatic heterocycles. The first-order valence-electron chi connectivity index (χ1n) is 15.3. The van der Waals surface area contributed by atoms with Gasteiger partial charge in [-0.2, -0.15) is 0 Å². The van der Waals surface area contributed by atoms with Gasteiger partial charge >= 0.3 is 0 Å². The Hall–Kier alpha value is -2.70. The van der Waals surface area contributed by atoms with E-state index in [2.05, 4.69) is 86.8 Å². The van der Waals surface area contributed by atoms with Gasteiger partial charge in [-0.1, -0.05) is 56.3 Å². The Labute approximate surface area is 241 Å². The van der Waals surface area contributed by atoms with E-state index in [1.165, 1.54) is 11.1 Å². The number of aromatic nitrogens is 1. The molecule has 0 amide bonds. The fourth-order valence-electron chi connectivity index (χ4n) is 6.85. The topological polar surface area (TPSA) is 35.8 Å². The molecule has 1 fully saturated rings. The molecule has 0 radical (unpaired) electrons. The third-order valence-electron chi connectivity index (χ3n) is 8.89. The van der Waals surface area contributed by atoms with Gasteiger partial charge in [-0.25, -0.2) is 9.37 Å². The molecule has 4 rings (SSSR count). The molecule has 0 bridgehead atoms. The van der Waals surface area contributed by atoms with Crippen molar-refractivity contribution in [2.75, 3.05) is 45.2 Å². The lowest BCUT2D eigenvalue weighted by atomic mass is 9.73. The van der Waals surface area contributed by atoms with E-state index in [1.807, 2.05) is 12.1 Å². The molecule has 1 heterocycles. The van der Waals surface area contributed by atoms with E-state index in [0.29, 0.717) is 17.9 Å². The van der Waals surface area contributed by atoms with E-state index in [4.69, 9.17) is 9.40 Å². The maximum atomic E-state index is 13.6. The molecule has 6 heteroatoms. The van der Waals surface area contributed by atoms with E-state index in [9.17, 15) is 4.39 Å². The number of hydrogen-bond donors (Lipinski definition) is 0. The summed E-state index contributed by atoms with van der Waals surface area (Å²) < 4.78 is 20.4. The summed E-state index contributed by atoms with van der Waals surface area (Å²) in [7, 11) is 4.29. The van der Waals surface area contributed by atoms with Crippen LogP contribution in [-0.2, 0) is 6.42 Å². The Bertz CT molecular complexity index is 1150. The summed E-state index contributed by atoms with van der Waals surface area (Å²) >= 11 is 0. The zero-order valence-corrected chi connectivity index (χ0v) is 25.4. The van der Waals surface area contributed by atoms with Crippen LogP contribution >= 0.6 is 0 Å². The molecule has 3 aromatic rings. The first kappa shape index (κ1) is 30.3. The average molecular weight is 549 g/mol. The Kier molecular flexibility index (Phi) is 10.8. The summed E-state index contributed by atoms with van der Waals surface area (Å²) in [6.45, 7) is 12.6. The quantitative estimate of drug-likeness (QED) is 0.218. The van der Waals surface area contributed by atoms with Gasteiger partial charge < -0.3 is 14.2 Å². The van der Waals surface area contributed by atoms with Crippen molar-refractivity contribution in [2.24, 2.45) is 11.8 Å². The molecule has 0 N–H and O–H groups in total. The van der Waals surface area contributed by atoms with E-state index in [0.717, 1.165) is 75.8 Å². The number of hydrogen-bond acceptors (Lipinski definition) is 5. The van der Waals surface area contributed by atoms with Crippen LogP contribution in [0.25, 0.3) is 0 Å². The Morgan fingerprint density at radius 2 is 1.38 bits per heavy atom. The normalized spacial score (nSPS) is 19.2. The van der Waals surface area contributed by atoms with Gasteiger partial charge in [0.25, 0.3) is 0 Å². The minimum Gasteiger partial charge on any atom is -0.423 e. The van der Waals surface area contributed by atoms with Gasteiger partial charge in [-0.05, 0) is 102 Å². The first-order valence-corrected chi connectivity index (χ1v) is 15.3. The van der Waals surface area contributed by atoms with Gasteiger partial charge in [0.05, 0.1) is 6.04 Å². The number of oxazole rings is 1. The molecule has 0 aliphatic heterocycles. The van der Waals surface area contributed by atoms with E-state index in [1.54, 1.807) is 12.1 Å². The SMILES string of the molecule is CCN(CC)c1oc(C(C2CCC(C(c3ccc(F)cc3)N(C)C)CC2)N(CC)CC)nc1Cc1ccccc1. The van der Waals surface area contributed by atoms with Crippen LogP contribution in [0, 0.1) is 17.7 Å². The largest absolute Gasteiger partial charge is 0.423 e. The Morgan fingerprint density at radius 1 is 0.800 bits per heavy atom. The van der Waals surface area contributed by atoms with Crippen LogP contribution in [0.5, 0.6) is 0 Å². The number of anilines is 1. The average Bonchev–Trinajstić information content (AvgIpc) is 3.37. The van der Waals surface area contributed by atoms with Crippen LogP contribution in [0.15, 0.2) is 59.0 Å². The second-order valence-electron chi connectivity index (χ2n) is 11.4. The third-order valence-corrected chi connectivity index (χ3v) is 8.89. The number of benzene rings is 2. The zero-order valence-electron chi connectivity index (χ0n) is 25.4. The van der Waals surface area contributed by atoms with Gasteiger partial charge in [0.1, 0.15) is 11.5 Å². The molecular formula is C34H49FN4O. The van der Waals surface area contributed by atoms with Crippen LogP contribution in [0.3, 0.4) is 0 Å². The highest BCUT2D eigenvalue weighted by molar-refractivity contribution is 5.43. The van der Waals surface area contributed by atoms with Crippen LogP contribution in [-0.4, -0.2) is 55.1 Å². The predicted octanol–water partition coefficient (Wildman–Crippen LogP) is 7.74. The molecule has 2 aromatic carbocycles. The second kappa shape index (κ2) is 14.3. The van der Waals surface area contributed by atoms with Crippen molar-refractivity contribution in [1.29, 1.82) is 0 Å². The molecule has 1 aliphatic carbocycles. The fourth-order valence-corrected chi connectivity index (χ4v) is 6.85. The monoisotopic (exact) mass is 548 g/mol. The molecule has 218 valence electrons. The maximum Gasteiger partial charge on any atom is 0.219 e. The Morgan fingerprint density at radius 3 is 1.90 bits per heavy atom. The standard InChI is InChI=1S/C34H49FN4O/c1-7-38(8-2)32(28-18-16-26(17-19-28)31(37(5)6)27-20-22-29(35)23-21-27)33-36-30(24-25-14-12-11-13-15-25)34(40-33)39(9-3)10-4/h11-15,20-23,26,28,31-32H,7-10,16-19,24H2,1-6H3. The minimum absolute atomic E-state index is 0.165. The van der Waals surface area contributed by atoms with Crippen LogP contribution in [0.4, 0.5) is 10.3 Å². The smallest absolute Gasteiger partial charge is 0.219 e. The summed E-state index contributed by atoms with van der Waals surface area (Å²) in [4.78, 5) is 12.4. The highest BCUT2D eigenvalue weighted by Gasteiger charge is 2.38. The highest BCUT2D eigenvalue weighted by Crippen LogP contribution is 2.45. The number of halogens is 1. The van der Waals surface area contributed by atoms with E-state index in [-0.39, 0.29) is 11.9 Å². The maximum absolute atomic E-state index is 13.6. The van der Waals surface area contributed by atoms with E-state index >= 15 is 0 Å². The van der Waals surface area contributed by atoms with Crippen molar-refractivity contribution in [3.63, 3.8) is 0 Å². The summed E-state index contributed by atoms with van der Waals surface area (Å²) in [5, 5.41) is 0. The van der Waals surface area contributed by atoms with Gasteiger partial charge in [0, 0.05) is 25.6 Å². The minimum atomic E-state index is -0.173. The van der Waals surface area contributed by atoms with Crippen molar-refractivity contribution >= 4 is 5.88 Å². The molecule has 0 spiro atoms. The van der Waals surface area contributed by atoms with Gasteiger partial charge in [-0.15, -0.1) is 0 Å². The summed E-state index contributed by atoms with van der Waals surface area (Å²) in [6.07, 6.45) is 5.32. The molecular weight excluding hydrogens is 499 g/mol. The number of nitrogens with zero attached hydrogens (tertiary/aromatic N) is 4. The zero-order chi connectivity index (χ0) is 28.6. The Balaban J connectivity index is 1.61.